The molecule has 0 unspecified atom stereocenters. The van der Waals surface area contributed by atoms with Gasteiger partial charge < -0.3 is 10.1 Å². The van der Waals surface area contributed by atoms with Crippen LogP contribution >= 0.6 is 0 Å². The fraction of sp³-hybridized carbons (Fsp3) is 0.111. The quantitative estimate of drug-likeness (QED) is 0.448. The summed E-state index contributed by atoms with van der Waals surface area (Å²) in [6, 6.07) is 29.9. The number of hydrogen-bond donors (Lipinski definition) is 1. The van der Waals surface area contributed by atoms with Crippen LogP contribution in [-0.2, 0) is 6.61 Å². The van der Waals surface area contributed by atoms with Crippen molar-refractivity contribution >= 4 is 5.91 Å². The number of hydrogen-bond acceptors (Lipinski definition) is 3. The number of nitrogens with zero attached hydrogens (tertiary/aromatic N) is 1. The molecular formula is C27H24N2O2. The van der Waals surface area contributed by atoms with Gasteiger partial charge in [0.05, 0.1) is 5.69 Å². The van der Waals surface area contributed by atoms with Gasteiger partial charge in [-0.25, -0.2) is 4.98 Å². The summed E-state index contributed by atoms with van der Waals surface area (Å²) >= 11 is 0. The molecule has 1 aromatic heterocycles. The molecule has 0 atom stereocenters. The second-order valence-electron chi connectivity index (χ2n) is 7.32. The molecule has 0 saturated heterocycles. The number of benzene rings is 3. The predicted octanol–water partition coefficient (Wildman–Crippen LogP) is 5.66. The molecule has 0 saturated carbocycles. The third kappa shape index (κ3) is 4.64. The summed E-state index contributed by atoms with van der Waals surface area (Å²) in [6.07, 6.45) is 0. The van der Waals surface area contributed by atoms with E-state index in [1.807, 2.05) is 78.9 Å². The van der Waals surface area contributed by atoms with E-state index in [4.69, 9.17) is 9.72 Å². The Balaban J connectivity index is 1.86. The fourth-order valence-corrected chi connectivity index (χ4v) is 3.40. The van der Waals surface area contributed by atoms with E-state index in [0.29, 0.717) is 18.1 Å². The van der Waals surface area contributed by atoms with Gasteiger partial charge in [0.1, 0.15) is 12.2 Å². The largest absolute Gasteiger partial charge is 0.472 e. The molecule has 0 aliphatic rings. The maximum atomic E-state index is 12.7. The summed E-state index contributed by atoms with van der Waals surface area (Å²) in [5, 5.41) is 2.71. The van der Waals surface area contributed by atoms with Crippen LogP contribution in [0, 0.1) is 6.92 Å². The normalized spacial score (nSPS) is 10.5. The maximum absolute atomic E-state index is 12.7. The van der Waals surface area contributed by atoms with Crippen molar-refractivity contribution in [3.05, 3.63) is 108 Å². The van der Waals surface area contributed by atoms with Crippen LogP contribution in [0.2, 0.25) is 0 Å². The van der Waals surface area contributed by atoms with Crippen molar-refractivity contribution in [2.24, 2.45) is 0 Å². The Bertz CT molecular complexity index is 1170. The van der Waals surface area contributed by atoms with E-state index in [1.165, 1.54) is 5.56 Å². The van der Waals surface area contributed by atoms with Gasteiger partial charge >= 0.3 is 0 Å². The monoisotopic (exact) mass is 408 g/mol. The highest BCUT2D eigenvalue weighted by Gasteiger charge is 2.20. The zero-order chi connectivity index (χ0) is 21.6. The third-order valence-electron chi connectivity index (χ3n) is 5.09. The number of carbonyl (C=O) groups is 1. The number of nitrogens with one attached hydrogen (secondary N) is 1. The average Bonchev–Trinajstić information content (AvgIpc) is 2.83. The van der Waals surface area contributed by atoms with Gasteiger partial charge in [-0.1, -0.05) is 90.5 Å². The van der Waals surface area contributed by atoms with Gasteiger partial charge in [-0.3, -0.25) is 4.79 Å². The fourth-order valence-electron chi connectivity index (χ4n) is 3.40. The van der Waals surface area contributed by atoms with E-state index in [-0.39, 0.29) is 5.91 Å². The lowest BCUT2D eigenvalue weighted by Crippen LogP contribution is -2.20. The first kappa shape index (κ1) is 20.4. The molecule has 1 N–H and O–H groups in total. The van der Waals surface area contributed by atoms with Crippen molar-refractivity contribution in [1.29, 1.82) is 0 Å². The lowest BCUT2D eigenvalue weighted by atomic mass is 9.97. The number of aromatic nitrogens is 1. The van der Waals surface area contributed by atoms with Gasteiger partial charge in [-0.05, 0) is 24.1 Å². The van der Waals surface area contributed by atoms with E-state index in [2.05, 4.69) is 24.4 Å². The minimum Gasteiger partial charge on any atom is -0.472 e. The molecule has 4 nitrogen and oxygen atoms in total. The number of rotatable bonds is 6. The maximum Gasteiger partial charge on any atom is 0.256 e. The molecular weight excluding hydrogens is 384 g/mol. The van der Waals surface area contributed by atoms with Crippen LogP contribution < -0.4 is 10.1 Å². The first-order valence-corrected chi connectivity index (χ1v) is 10.2. The topological polar surface area (TPSA) is 51.2 Å². The smallest absolute Gasteiger partial charge is 0.256 e. The van der Waals surface area contributed by atoms with Gasteiger partial charge in [0, 0.05) is 18.2 Å². The summed E-state index contributed by atoms with van der Waals surface area (Å²) in [5.74, 6) is 0.0849. The highest BCUT2D eigenvalue weighted by Crippen LogP contribution is 2.35. The van der Waals surface area contributed by atoms with Crippen LogP contribution in [0.5, 0.6) is 5.88 Å². The molecule has 0 radical (unpaired) electrons. The van der Waals surface area contributed by atoms with Gasteiger partial charge in [0.15, 0.2) is 0 Å². The van der Waals surface area contributed by atoms with Gasteiger partial charge in [0.25, 0.3) is 5.91 Å². The van der Waals surface area contributed by atoms with Gasteiger partial charge in [-0.15, -0.1) is 0 Å². The van der Waals surface area contributed by atoms with E-state index >= 15 is 0 Å². The predicted molar refractivity (Wildman–Crippen MR) is 124 cm³/mol. The van der Waals surface area contributed by atoms with E-state index in [9.17, 15) is 4.79 Å². The summed E-state index contributed by atoms with van der Waals surface area (Å²) in [4.78, 5) is 17.5. The Morgan fingerprint density at radius 3 is 2.16 bits per heavy atom. The first-order valence-electron chi connectivity index (χ1n) is 10.2. The zero-order valence-electron chi connectivity index (χ0n) is 17.6. The van der Waals surface area contributed by atoms with Crippen molar-refractivity contribution in [2.45, 2.75) is 13.5 Å². The van der Waals surface area contributed by atoms with Crippen molar-refractivity contribution in [3.8, 4) is 28.3 Å². The molecule has 1 heterocycles. The van der Waals surface area contributed by atoms with Crippen LogP contribution in [0.1, 0.15) is 21.5 Å². The van der Waals surface area contributed by atoms with Crippen LogP contribution in [0.25, 0.3) is 22.4 Å². The highest BCUT2D eigenvalue weighted by molar-refractivity contribution is 5.99. The Labute approximate surface area is 182 Å². The van der Waals surface area contributed by atoms with Gasteiger partial charge in [-0.2, -0.15) is 0 Å². The van der Waals surface area contributed by atoms with Crippen molar-refractivity contribution in [2.75, 3.05) is 7.05 Å². The van der Waals surface area contributed by atoms with Crippen molar-refractivity contribution in [3.63, 3.8) is 0 Å². The summed E-state index contributed by atoms with van der Waals surface area (Å²) in [7, 11) is 1.61. The first-order chi connectivity index (χ1) is 15.2. The number of amides is 1. The van der Waals surface area contributed by atoms with Crippen LogP contribution in [-0.4, -0.2) is 17.9 Å². The molecule has 0 spiro atoms. The molecule has 4 heteroatoms. The molecule has 4 rings (SSSR count). The number of aryl methyl sites for hydroxylation is 1. The molecule has 31 heavy (non-hydrogen) atoms. The second kappa shape index (κ2) is 9.26. The molecule has 0 aliphatic heterocycles. The molecule has 3 aromatic carbocycles. The van der Waals surface area contributed by atoms with Crippen LogP contribution in [0.3, 0.4) is 0 Å². The molecule has 1 amide bonds. The Morgan fingerprint density at radius 1 is 0.871 bits per heavy atom. The Morgan fingerprint density at radius 2 is 1.52 bits per heavy atom. The van der Waals surface area contributed by atoms with Crippen molar-refractivity contribution in [1.82, 2.24) is 10.3 Å². The summed E-state index contributed by atoms with van der Waals surface area (Å²) < 4.78 is 6.05. The molecule has 154 valence electrons. The Kier molecular flexibility index (Phi) is 6.08. The standard InChI is InChI=1S/C27H24N2O2/c1-19-13-15-22(16-14-19)25-23(21-11-7-4-8-12-21)17-24(26(30)28-2)27(29-25)31-18-20-9-5-3-6-10-20/h3-17H,18H2,1-2H3,(H,28,30). The Hall–Kier alpha value is -3.92. The molecule has 4 aromatic rings. The highest BCUT2D eigenvalue weighted by atomic mass is 16.5. The van der Waals surface area contributed by atoms with Gasteiger partial charge in [0.2, 0.25) is 5.88 Å². The average molecular weight is 409 g/mol. The van der Waals surface area contributed by atoms with Crippen molar-refractivity contribution < 1.29 is 9.53 Å². The third-order valence-corrected chi connectivity index (χ3v) is 5.09. The number of carbonyl (C=O) groups excluding carboxylic acids is 1. The van der Waals surface area contributed by atoms with E-state index in [1.54, 1.807) is 7.05 Å². The minimum atomic E-state index is -0.233. The number of ether oxygens (including phenoxy) is 1. The number of pyridine rings is 1. The SMILES string of the molecule is CNC(=O)c1cc(-c2ccccc2)c(-c2ccc(C)cc2)nc1OCc1ccccc1. The van der Waals surface area contributed by atoms with Crippen LogP contribution in [0.4, 0.5) is 0 Å². The van der Waals surface area contributed by atoms with E-state index in [0.717, 1.165) is 27.9 Å². The summed E-state index contributed by atoms with van der Waals surface area (Å²) in [5.41, 5.74) is 6.22. The molecule has 0 bridgehead atoms. The lowest BCUT2D eigenvalue weighted by Gasteiger charge is -2.16. The minimum absolute atomic E-state index is 0.233. The zero-order valence-corrected chi connectivity index (χ0v) is 17.6. The van der Waals surface area contributed by atoms with E-state index < -0.39 is 0 Å². The molecule has 0 fully saturated rings. The lowest BCUT2D eigenvalue weighted by molar-refractivity contribution is 0.0957. The van der Waals surface area contributed by atoms with Crippen LogP contribution in [0.15, 0.2) is 91.0 Å². The molecule has 0 aliphatic carbocycles. The second-order valence-corrected chi connectivity index (χ2v) is 7.32. The summed E-state index contributed by atoms with van der Waals surface area (Å²) in [6.45, 7) is 2.38.